The van der Waals surface area contributed by atoms with Crippen molar-refractivity contribution in [2.45, 2.75) is 65.0 Å². The molecule has 0 aliphatic heterocycles. The Morgan fingerprint density at radius 1 is 0.529 bits per heavy atom. The third-order valence-electron chi connectivity index (χ3n) is 9.91. The van der Waals surface area contributed by atoms with E-state index in [1.807, 2.05) is 0 Å². The lowest BCUT2D eigenvalue weighted by Crippen LogP contribution is -2.33. The van der Waals surface area contributed by atoms with Crippen molar-refractivity contribution in [3.05, 3.63) is 138 Å². The van der Waals surface area contributed by atoms with E-state index in [-0.39, 0.29) is 68.1 Å². The lowest BCUT2D eigenvalue weighted by molar-refractivity contribution is -0.138. The van der Waals surface area contributed by atoms with Crippen LogP contribution in [-0.2, 0) is 44.4 Å². The summed E-state index contributed by atoms with van der Waals surface area (Å²) in [5.74, 6) is -5.15. The van der Waals surface area contributed by atoms with E-state index in [9.17, 15) is 55.1 Å². The maximum absolute atomic E-state index is 13.7. The molecule has 0 heterocycles. The van der Waals surface area contributed by atoms with Crippen LogP contribution in [0, 0.1) is 0 Å². The molecule has 0 aliphatic rings. The van der Waals surface area contributed by atoms with Gasteiger partial charge in [-0.2, -0.15) is 46.8 Å². The Hall–Kier alpha value is -6.74. The number of hydrogen-bond donors (Lipinski definition) is 4. The van der Waals surface area contributed by atoms with Crippen LogP contribution in [-0.4, -0.2) is 47.3 Å². The van der Waals surface area contributed by atoms with Gasteiger partial charge in [0.25, 0.3) is 23.6 Å². The summed E-state index contributed by atoms with van der Waals surface area (Å²) in [5, 5.41) is 23.9. The van der Waals surface area contributed by atoms with Crippen molar-refractivity contribution in [3.8, 4) is 0 Å². The molecule has 4 N–H and O–H groups in total. The second-order valence-corrected chi connectivity index (χ2v) is 16.5. The third kappa shape index (κ3) is 13.3. The summed E-state index contributed by atoms with van der Waals surface area (Å²) in [6, 6.07) is 12.9. The maximum atomic E-state index is 13.7. The Bertz CT molecular complexity index is 2940. The number of azo groups is 2. The molecule has 5 aromatic carbocycles. The Morgan fingerprint density at radius 3 is 1.27 bits per heavy atom. The van der Waals surface area contributed by atoms with Crippen molar-refractivity contribution >= 4 is 116 Å². The summed E-state index contributed by atoms with van der Waals surface area (Å²) in [4.78, 5) is 78.8. The quantitative estimate of drug-likeness (QED) is 0.0430. The predicted octanol–water partition coefficient (Wildman–Crippen LogP) is 13.3. The second-order valence-electron chi connectivity index (χ2n) is 14.9. The van der Waals surface area contributed by atoms with Crippen LogP contribution in [0.3, 0.4) is 0 Å². The lowest BCUT2D eigenvalue weighted by Gasteiger charge is -2.19. The van der Waals surface area contributed by atoms with Crippen molar-refractivity contribution in [1.82, 2.24) is 0 Å². The first-order chi connectivity index (χ1) is 32.8. The number of aryl methyl sites for hydroxylation is 2. The number of carbonyl (C=O) groups is 6. The van der Waals surface area contributed by atoms with E-state index in [1.165, 1.54) is 48.5 Å². The van der Waals surface area contributed by atoms with Crippen molar-refractivity contribution in [1.29, 1.82) is 0 Å². The lowest BCUT2D eigenvalue weighted by atomic mass is 10.0. The fraction of sp³-hybridized carbons (Fsp3) is 0.217. The molecule has 70 heavy (non-hydrogen) atoms. The summed E-state index contributed by atoms with van der Waals surface area (Å²) in [5.41, 5.74) is -2.17. The van der Waals surface area contributed by atoms with Crippen molar-refractivity contribution in [3.63, 3.8) is 0 Å². The van der Waals surface area contributed by atoms with E-state index in [0.717, 1.165) is 38.1 Å². The van der Waals surface area contributed by atoms with Crippen LogP contribution in [0.1, 0.15) is 70.7 Å². The summed E-state index contributed by atoms with van der Waals surface area (Å²) in [6.07, 6.45) is -9.05. The van der Waals surface area contributed by atoms with E-state index >= 15 is 0 Å². The Balaban J connectivity index is 1.31. The van der Waals surface area contributed by atoms with Gasteiger partial charge in [-0.05, 0) is 111 Å². The first-order valence-electron chi connectivity index (χ1n) is 20.4. The van der Waals surface area contributed by atoms with Gasteiger partial charge >= 0.3 is 12.4 Å². The molecule has 0 saturated carbocycles. The molecule has 0 aromatic heterocycles. The fourth-order valence-electron chi connectivity index (χ4n) is 6.42. The minimum absolute atomic E-state index is 0.157. The Labute approximate surface area is 414 Å². The van der Waals surface area contributed by atoms with E-state index in [0.29, 0.717) is 23.3 Å². The molecule has 4 amide bonds. The van der Waals surface area contributed by atoms with Gasteiger partial charge in [0.05, 0.1) is 42.3 Å². The molecule has 5 aromatic rings. The molecule has 0 fully saturated rings. The number of nitrogens with zero attached hydrogens (tertiary/aromatic N) is 4. The van der Waals surface area contributed by atoms with E-state index in [1.54, 1.807) is 13.8 Å². The number of halogens is 10. The highest BCUT2D eigenvalue weighted by Crippen LogP contribution is 2.39. The van der Waals surface area contributed by atoms with Gasteiger partial charge in [0.1, 0.15) is 11.4 Å². The van der Waals surface area contributed by atoms with E-state index in [2.05, 4.69) is 41.7 Å². The monoisotopic (exact) mass is 1050 g/mol. The zero-order chi connectivity index (χ0) is 51.8. The molecular weight excluding hydrogens is 1020 g/mol. The van der Waals surface area contributed by atoms with Gasteiger partial charge in [0.15, 0.2) is 11.6 Å². The minimum atomic E-state index is -4.80. The van der Waals surface area contributed by atoms with Crippen LogP contribution < -0.4 is 21.3 Å². The molecule has 5 rings (SSSR count). The molecule has 0 saturated heterocycles. The van der Waals surface area contributed by atoms with E-state index < -0.39 is 80.8 Å². The SMILES string of the molecule is CCc1cc(NC(=O)C(N=Nc2cccc(C(=O)Nc3ccc(Cl)c(C(F)(F)F)c3)c2Cl)C(C)=O)cc(CC)c1NC(=O)C(N=Nc1cccc(C(=O)Nc2ccc(Cl)c(C(F)(F)F)c2)c1Cl)C(C)=O. The highest BCUT2D eigenvalue weighted by atomic mass is 35.5. The van der Waals surface area contributed by atoms with Crippen LogP contribution in [0.25, 0.3) is 0 Å². The number of benzene rings is 5. The number of Topliss-reactive ketones (excluding diaryl/α,β-unsaturated/α-hetero) is 2. The number of anilines is 4. The Morgan fingerprint density at radius 2 is 0.914 bits per heavy atom. The largest absolute Gasteiger partial charge is 0.417 e. The molecule has 0 aliphatic carbocycles. The smallest absolute Gasteiger partial charge is 0.324 e. The average Bonchev–Trinajstić information content (AvgIpc) is 3.28. The highest BCUT2D eigenvalue weighted by Gasteiger charge is 2.35. The number of hydrogen-bond acceptors (Lipinski definition) is 10. The molecular formula is C46H36Cl4F6N8O6. The molecule has 0 spiro atoms. The number of nitrogens with one attached hydrogen (secondary N) is 4. The van der Waals surface area contributed by atoms with Crippen molar-refractivity contribution < 1.29 is 55.1 Å². The summed E-state index contributed by atoms with van der Waals surface area (Å²) in [6.45, 7) is 5.65. The van der Waals surface area contributed by atoms with Gasteiger partial charge in [-0.15, -0.1) is 0 Å². The highest BCUT2D eigenvalue weighted by molar-refractivity contribution is 6.37. The Kier molecular flexibility index (Phi) is 17.6. The summed E-state index contributed by atoms with van der Waals surface area (Å²) in [7, 11) is 0. The van der Waals surface area contributed by atoms with Gasteiger partial charge in [-0.25, -0.2) is 0 Å². The number of rotatable bonds is 16. The van der Waals surface area contributed by atoms with Crippen LogP contribution >= 0.6 is 46.4 Å². The fourth-order valence-corrected chi connectivity index (χ4v) is 7.37. The average molecular weight is 1050 g/mol. The standard InChI is InChI=1S/C46H36Cl4F6N8O6/c1-5-23-17-27(59-43(69)38(21(3)65)63-61-34-11-7-9-28(36(34)49)41(67)57-25-13-15-32(47)30(19-25)45(51,52)53)18-24(6-2)40(23)60-44(70)39(22(4)66)64-62-35-12-8-10-29(37(35)50)42(68)58-26-14-16-33(48)31(20-26)46(54,55)56/h7-20,38-39H,5-6H2,1-4H3,(H,57,67)(H,58,68)(H,59,69)(H,60,70). The normalized spacial score (nSPS) is 12.7. The van der Waals surface area contributed by atoms with Crippen LogP contribution in [0.5, 0.6) is 0 Å². The zero-order valence-corrected chi connectivity index (χ0v) is 39.7. The topological polar surface area (TPSA) is 200 Å². The molecule has 2 atom stereocenters. The molecule has 0 radical (unpaired) electrons. The maximum Gasteiger partial charge on any atom is 0.417 e. The molecule has 2 unspecified atom stereocenters. The predicted molar refractivity (Wildman–Crippen MR) is 252 cm³/mol. The van der Waals surface area contributed by atoms with Crippen LogP contribution in [0.4, 0.5) is 60.5 Å². The number of alkyl halides is 6. The van der Waals surface area contributed by atoms with Gasteiger partial charge < -0.3 is 21.3 Å². The van der Waals surface area contributed by atoms with Crippen LogP contribution in [0.2, 0.25) is 20.1 Å². The van der Waals surface area contributed by atoms with Crippen molar-refractivity contribution in [2.24, 2.45) is 20.5 Å². The number of ketones is 2. The van der Waals surface area contributed by atoms with Gasteiger partial charge in [-0.1, -0.05) is 72.4 Å². The minimum Gasteiger partial charge on any atom is -0.324 e. The number of amides is 4. The van der Waals surface area contributed by atoms with Gasteiger partial charge in [0.2, 0.25) is 12.1 Å². The molecule has 0 bridgehead atoms. The van der Waals surface area contributed by atoms with Gasteiger partial charge in [0, 0.05) is 22.7 Å². The second kappa shape index (κ2) is 22.8. The summed E-state index contributed by atoms with van der Waals surface area (Å²) < 4.78 is 80.3. The van der Waals surface area contributed by atoms with Crippen molar-refractivity contribution in [2.75, 3.05) is 21.3 Å². The van der Waals surface area contributed by atoms with Crippen LogP contribution in [0.15, 0.2) is 105 Å². The molecule has 24 heteroatoms. The third-order valence-corrected chi connectivity index (χ3v) is 11.4. The molecule has 14 nitrogen and oxygen atoms in total. The first-order valence-corrected chi connectivity index (χ1v) is 21.9. The molecule has 366 valence electrons. The number of carbonyl (C=O) groups excluding carboxylic acids is 6. The van der Waals surface area contributed by atoms with Gasteiger partial charge in [-0.3, -0.25) is 28.8 Å². The zero-order valence-electron chi connectivity index (χ0n) is 36.7. The van der Waals surface area contributed by atoms with E-state index in [4.69, 9.17) is 46.4 Å². The summed E-state index contributed by atoms with van der Waals surface area (Å²) >= 11 is 24.2. The first kappa shape index (κ1) is 54.2.